The molecule has 0 spiro atoms. The summed E-state index contributed by atoms with van der Waals surface area (Å²) in [5, 5.41) is 11.9. The van der Waals surface area contributed by atoms with E-state index in [0.717, 1.165) is 12.4 Å². The van der Waals surface area contributed by atoms with E-state index in [4.69, 9.17) is 5.26 Å². The van der Waals surface area contributed by atoms with Crippen LogP contribution in [0.4, 0.5) is 5.82 Å². The zero-order chi connectivity index (χ0) is 12.7. The Balaban J connectivity index is 2.64. The Hall–Kier alpha value is -1.60. The Labute approximate surface area is 103 Å². The number of hydrogen-bond acceptors (Lipinski definition) is 4. The monoisotopic (exact) mass is 232 g/mol. The lowest BCUT2D eigenvalue weighted by atomic mass is 10.1. The third kappa shape index (κ3) is 4.04. The number of anilines is 1. The first-order valence-electron chi connectivity index (χ1n) is 5.96. The second kappa shape index (κ2) is 6.87. The van der Waals surface area contributed by atoms with Crippen LogP contribution in [0.2, 0.25) is 0 Å². The summed E-state index contributed by atoms with van der Waals surface area (Å²) in [5.74, 6) is 0.910. The van der Waals surface area contributed by atoms with E-state index >= 15 is 0 Å². The number of pyridine rings is 1. The highest BCUT2D eigenvalue weighted by Crippen LogP contribution is 2.15. The summed E-state index contributed by atoms with van der Waals surface area (Å²) in [6, 6.07) is 6.54. The van der Waals surface area contributed by atoms with Gasteiger partial charge in [0.1, 0.15) is 5.82 Å². The Morgan fingerprint density at radius 1 is 1.53 bits per heavy atom. The van der Waals surface area contributed by atoms with Gasteiger partial charge in [-0.05, 0) is 25.1 Å². The number of rotatable bonds is 6. The van der Waals surface area contributed by atoms with Crippen molar-refractivity contribution in [3.63, 3.8) is 0 Å². The highest BCUT2D eigenvalue weighted by molar-refractivity contribution is 5.38. The summed E-state index contributed by atoms with van der Waals surface area (Å²) in [5.41, 5.74) is 1.18. The normalized spacial score (nSPS) is 11.9. The van der Waals surface area contributed by atoms with Crippen LogP contribution < -0.4 is 10.2 Å². The highest BCUT2D eigenvalue weighted by Gasteiger charge is 2.06. The van der Waals surface area contributed by atoms with E-state index in [9.17, 15) is 0 Å². The number of nitrogens with zero attached hydrogens (tertiary/aromatic N) is 3. The van der Waals surface area contributed by atoms with Crippen molar-refractivity contribution in [3.8, 4) is 6.07 Å². The second-order valence-corrected chi connectivity index (χ2v) is 4.06. The smallest absolute Gasteiger partial charge is 0.128 e. The van der Waals surface area contributed by atoms with Crippen molar-refractivity contribution >= 4 is 5.82 Å². The largest absolute Gasteiger partial charge is 0.359 e. The summed E-state index contributed by atoms with van der Waals surface area (Å²) < 4.78 is 0. The molecule has 0 aromatic carbocycles. The number of nitrogens with one attached hydrogen (secondary N) is 1. The predicted octanol–water partition coefficient (Wildman–Crippen LogP) is 2.10. The maximum atomic E-state index is 8.53. The van der Waals surface area contributed by atoms with E-state index in [-0.39, 0.29) is 0 Å². The molecule has 0 bridgehead atoms. The second-order valence-electron chi connectivity index (χ2n) is 4.06. The van der Waals surface area contributed by atoms with Crippen LogP contribution in [0.3, 0.4) is 0 Å². The maximum absolute atomic E-state index is 8.53. The zero-order valence-electron chi connectivity index (χ0n) is 10.8. The molecule has 1 aromatic heterocycles. The first-order chi connectivity index (χ1) is 8.19. The van der Waals surface area contributed by atoms with Gasteiger partial charge in [0.25, 0.3) is 0 Å². The van der Waals surface area contributed by atoms with Crippen LogP contribution >= 0.6 is 0 Å². The van der Waals surface area contributed by atoms with Crippen molar-refractivity contribution < 1.29 is 0 Å². The molecule has 4 heteroatoms. The van der Waals surface area contributed by atoms with E-state index in [1.165, 1.54) is 5.56 Å². The average Bonchev–Trinajstić information content (AvgIpc) is 2.36. The van der Waals surface area contributed by atoms with Crippen molar-refractivity contribution in [1.82, 2.24) is 10.3 Å². The first-order valence-corrected chi connectivity index (χ1v) is 5.96. The third-order valence-electron chi connectivity index (χ3n) is 2.73. The molecule has 0 radical (unpaired) electrons. The Morgan fingerprint density at radius 2 is 2.29 bits per heavy atom. The number of nitriles is 1. The molecule has 1 rings (SSSR count). The van der Waals surface area contributed by atoms with Gasteiger partial charge >= 0.3 is 0 Å². The Morgan fingerprint density at radius 3 is 2.82 bits per heavy atom. The quantitative estimate of drug-likeness (QED) is 0.816. The van der Waals surface area contributed by atoms with Gasteiger partial charge in [0, 0.05) is 25.8 Å². The van der Waals surface area contributed by atoms with Gasteiger partial charge < -0.3 is 10.2 Å². The fourth-order valence-electron chi connectivity index (χ4n) is 1.64. The third-order valence-corrected chi connectivity index (χ3v) is 2.73. The molecule has 4 nitrogen and oxygen atoms in total. The van der Waals surface area contributed by atoms with Gasteiger partial charge in [-0.1, -0.05) is 13.0 Å². The van der Waals surface area contributed by atoms with Gasteiger partial charge in [-0.2, -0.15) is 5.26 Å². The first kappa shape index (κ1) is 13.5. The summed E-state index contributed by atoms with van der Waals surface area (Å²) in [6.07, 6.45) is 2.42. The van der Waals surface area contributed by atoms with E-state index in [1.54, 1.807) is 0 Å². The Kier molecular flexibility index (Phi) is 5.44. The predicted molar refractivity (Wildman–Crippen MR) is 69.8 cm³/mol. The molecule has 1 aromatic rings. The van der Waals surface area contributed by atoms with Gasteiger partial charge in [-0.25, -0.2) is 4.98 Å². The van der Waals surface area contributed by atoms with Gasteiger partial charge in [0.2, 0.25) is 0 Å². The van der Waals surface area contributed by atoms with Crippen LogP contribution in [0.25, 0.3) is 0 Å². The molecule has 1 unspecified atom stereocenters. The maximum Gasteiger partial charge on any atom is 0.128 e. The molecular weight excluding hydrogens is 212 g/mol. The lowest BCUT2D eigenvalue weighted by Crippen LogP contribution is -2.20. The van der Waals surface area contributed by atoms with Crippen LogP contribution in [-0.2, 0) is 0 Å². The lowest BCUT2D eigenvalue weighted by molar-refractivity contribution is 0.596. The average molecular weight is 232 g/mol. The van der Waals surface area contributed by atoms with Gasteiger partial charge in [-0.3, -0.25) is 0 Å². The number of hydrogen-bond donors (Lipinski definition) is 1. The minimum atomic E-state index is 0.325. The Bertz CT molecular complexity index is 366. The lowest BCUT2D eigenvalue weighted by Gasteiger charge is -2.18. The minimum Gasteiger partial charge on any atom is -0.359 e. The zero-order valence-corrected chi connectivity index (χ0v) is 10.8. The molecule has 1 N–H and O–H groups in total. The summed E-state index contributed by atoms with van der Waals surface area (Å²) in [7, 11) is 1.95. The molecule has 1 atom stereocenters. The van der Waals surface area contributed by atoms with Crippen molar-refractivity contribution in [3.05, 3.63) is 23.9 Å². The van der Waals surface area contributed by atoms with Crippen molar-refractivity contribution in [2.75, 3.05) is 25.0 Å². The van der Waals surface area contributed by atoms with Crippen LogP contribution in [0, 0.1) is 11.3 Å². The van der Waals surface area contributed by atoms with Crippen LogP contribution in [0.1, 0.15) is 31.9 Å². The highest BCUT2D eigenvalue weighted by atomic mass is 15.2. The van der Waals surface area contributed by atoms with Crippen molar-refractivity contribution in [2.45, 2.75) is 26.3 Å². The summed E-state index contributed by atoms with van der Waals surface area (Å²) in [4.78, 5) is 6.40. The van der Waals surface area contributed by atoms with Gasteiger partial charge in [0.15, 0.2) is 0 Å². The summed E-state index contributed by atoms with van der Waals surface area (Å²) >= 11 is 0. The van der Waals surface area contributed by atoms with E-state index in [0.29, 0.717) is 19.0 Å². The molecule has 0 aliphatic carbocycles. The molecular formula is C13H20N4. The topological polar surface area (TPSA) is 52.0 Å². The fraction of sp³-hybridized carbons (Fsp3) is 0.538. The molecule has 0 amide bonds. The molecule has 0 aliphatic rings. The van der Waals surface area contributed by atoms with E-state index in [2.05, 4.69) is 36.3 Å². The fourth-order valence-corrected chi connectivity index (χ4v) is 1.64. The van der Waals surface area contributed by atoms with Crippen LogP contribution in [0.5, 0.6) is 0 Å². The molecule has 92 valence electrons. The van der Waals surface area contributed by atoms with Crippen molar-refractivity contribution in [2.24, 2.45) is 0 Å². The standard InChI is InChI=1S/C13H20N4/c1-4-15-11(2)12-6-7-13(16-10-12)17(3)9-5-8-14/h6-7,10-11,15H,4-5,9H2,1-3H3. The van der Waals surface area contributed by atoms with Gasteiger partial charge in [-0.15, -0.1) is 0 Å². The van der Waals surface area contributed by atoms with Crippen molar-refractivity contribution in [1.29, 1.82) is 5.26 Å². The molecule has 0 saturated carbocycles. The minimum absolute atomic E-state index is 0.325. The molecule has 0 fully saturated rings. The van der Waals surface area contributed by atoms with Crippen LogP contribution in [-0.4, -0.2) is 25.1 Å². The molecule has 0 saturated heterocycles. The van der Waals surface area contributed by atoms with Gasteiger partial charge in [0.05, 0.1) is 12.5 Å². The number of aromatic nitrogens is 1. The van der Waals surface area contributed by atoms with E-state index < -0.39 is 0 Å². The van der Waals surface area contributed by atoms with Crippen LogP contribution in [0.15, 0.2) is 18.3 Å². The molecule has 1 heterocycles. The molecule has 0 aliphatic heterocycles. The summed E-state index contributed by atoms with van der Waals surface area (Å²) in [6.45, 7) is 5.88. The molecule has 17 heavy (non-hydrogen) atoms. The van der Waals surface area contributed by atoms with E-state index in [1.807, 2.05) is 24.2 Å². The SMILES string of the molecule is CCNC(C)c1ccc(N(C)CCC#N)nc1.